The molecule has 3 aromatic rings. The van der Waals surface area contributed by atoms with Crippen molar-refractivity contribution in [2.75, 3.05) is 6.61 Å². The van der Waals surface area contributed by atoms with Crippen molar-refractivity contribution in [3.8, 4) is 5.75 Å². The van der Waals surface area contributed by atoms with E-state index >= 15 is 0 Å². The Morgan fingerprint density at radius 3 is 2.73 bits per heavy atom. The molecule has 0 unspecified atom stereocenters. The molecule has 0 radical (unpaired) electrons. The Bertz CT molecular complexity index is 868. The highest BCUT2D eigenvalue weighted by atomic mass is 79.9. The number of thiophene rings is 1. The molecule has 0 fully saturated rings. The number of ether oxygens (including phenoxy) is 1. The summed E-state index contributed by atoms with van der Waals surface area (Å²) in [5, 5.41) is 0.730. The third-order valence-electron chi connectivity index (χ3n) is 3.57. The van der Waals surface area contributed by atoms with Gasteiger partial charge in [-0.2, -0.15) is 0 Å². The smallest absolute Gasteiger partial charge is 0.262 e. The summed E-state index contributed by atoms with van der Waals surface area (Å²) < 4.78 is 8.28. The maximum Gasteiger partial charge on any atom is 0.262 e. The first-order valence-electron chi connectivity index (χ1n) is 6.90. The second-order valence-corrected chi connectivity index (χ2v) is 7.13. The van der Waals surface area contributed by atoms with Crippen molar-refractivity contribution in [2.45, 2.75) is 20.4 Å². The second kappa shape index (κ2) is 6.22. The number of rotatable bonds is 4. The zero-order valence-corrected chi connectivity index (χ0v) is 14.7. The summed E-state index contributed by atoms with van der Waals surface area (Å²) in [6.07, 6.45) is 1.60. The van der Waals surface area contributed by atoms with Crippen molar-refractivity contribution in [2.24, 2.45) is 0 Å². The van der Waals surface area contributed by atoms with Crippen LogP contribution in [0.5, 0.6) is 5.75 Å². The number of hydrogen-bond donors (Lipinski definition) is 0. The monoisotopic (exact) mass is 378 g/mol. The molecule has 4 nitrogen and oxygen atoms in total. The van der Waals surface area contributed by atoms with E-state index in [9.17, 15) is 4.79 Å². The molecular weight excluding hydrogens is 364 g/mol. The van der Waals surface area contributed by atoms with Crippen LogP contribution in [0.25, 0.3) is 10.2 Å². The average molecular weight is 379 g/mol. The first-order chi connectivity index (χ1) is 10.6. The summed E-state index contributed by atoms with van der Waals surface area (Å²) in [5.41, 5.74) is 1.03. The molecule has 0 N–H and O–H groups in total. The molecule has 0 aliphatic rings. The number of fused-ring (bicyclic) bond motifs is 1. The standard InChI is InChI=1S/C16H15BrN2O2S/c1-10-11(2)22-15-14(10)16(20)19(9-18-15)7-8-21-13-5-3-12(17)4-6-13/h3-6,9H,7-8H2,1-2H3. The molecule has 0 atom stereocenters. The number of aryl methyl sites for hydroxylation is 2. The third-order valence-corrected chi connectivity index (χ3v) is 5.21. The van der Waals surface area contributed by atoms with Gasteiger partial charge < -0.3 is 4.74 Å². The van der Waals surface area contributed by atoms with Crippen molar-refractivity contribution in [1.29, 1.82) is 0 Å². The highest BCUT2D eigenvalue weighted by molar-refractivity contribution is 9.10. The Labute approximate surface area is 140 Å². The molecule has 0 amide bonds. The predicted octanol–water partition coefficient (Wildman–Crippen LogP) is 3.92. The Hall–Kier alpha value is -1.66. The van der Waals surface area contributed by atoms with E-state index in [1.807, 2.05) is 38.1 Å². The number of nitrogens with zero attached hydrogens (tertiary/aromatic N) is 2. The molecular formula is C16H15BrN2O2S. The van der Waals surface area contributed by atoms with Gasteiger partial charge in [0.15, 0.2) is 0 Å². The molecule has 0 saturated carbocycles. The molecule has 1 aromatic carbocycles. The fraction of sp³-hybridized carbons (Fsp3) is 0.250. The van der Waals surface area contributed by atoms with Crippen LogP contribution in [0.1, 0.15) is 10.4 Å². The fourth-order valence-electron chi connectivity index (χ4n) is 2.22. The van der Waals surface area contributed by atoms with Crippen LogP contribution in [0.2, 0.25) is 0 Å². The van der Waals surface area contributed by atoms with Crippen molar-refractivity contribution in [3.05, 3.63) is 55.9 Å². The summed E-state index contributed by atoms with van der Waals surface area (Å²) in [6, 6.07) is 7.63. The van der Waals surface area contributed by atoms with Gasteiger partial charge in [0.25, 0.3) is 5.56 Å². The lowest BCUT2D eigenvalue weighted by molar-refractivity contribution is 0.296. The molecule has 0 aliphatic heterocycles. The topological polar surface area (TPSA) is 44.1 Å². The number of benzene rings is 1. The van der Waals surface area contributed by atoms with Gasteiger partial charge >= 0.3 is 0 Å². The van der Waals surface area contributed by atoms with Crippen LogP contribution >= 0.6 is 27.3 Å². The van der Waals surface area contributed by atoms with E-state index in [4.69, 9.17) is 4.74 Å². The van der Waals surface area contributed by atoms with Gasteiger partial charge in [-0.15, -0.1) is 11.3 Å². The average Bonchev–Trinajstić information content (AvgIpc) is 2.79. The minimum Gasteiger partial charge on any atom is -0.492 e. The van der Waals surface area contributed by atoms with Crippen LogP contribution < -0.4 is 10.3 Å². The molecule has 6 heteroatoms. The third kappa shape index (κ3) is 2.94. The summed E-state index contributed by atoms with van der Waals surface area (Å²) in [4.78, 5) is 18.9. The lowest BCUT2D eigenvalue weighted by Gasteiger charge is -2.08. The van der Waals surface area contributed by atoms with Crippen molar-refractivity contribution >= 4 is 37.5 Å². The second-order valence-electron chi connectivity index (χ2n) is 5.01. The molecule has 114 valence electrons. The molecule has 22 heavy (non-hydrogen) atoms. The normalized spacial score (nSPS) is 11.0. The minimum atomic E-state index is 0.00579. The zero-order chi connectivity index (χ0) is 15.7. The summed E-state index contributed by atoms with van der Waals surface area (Å²) in [7, 11) is 0. The van der Waals surface area contributed by atoms with Gasteiger partial charge in [-0.1, -0.05) is 15.9 Å². The van der Waals surface area contributed by atoms with Crippen LogP contribution in [0.15, 0.2) is 39.9 Å². The Morgan fingerprint density at radius 2 is 2.00 bits per heavy atom. The fourth-order valence-corrected chi connectivity index (χ4v) is 3.47. The molecule has 0 spiro atoms. The lowest BCUT2D eigenvalue weighted by Crippen LogP contribution is -2.23. The first kappa shape index (κ1) is 15.2. The van der Waals surface area contributed by atoms with Gasteiger partial charge in [-0.05, 0) is 43.7 Å². The van der Waals surface area contributed by atoms with Crippen LogP contribution in [-0.2, 0) is 6.54 Å². The largest absolute Gasteiger partial charge is 0.492 e. The minimum absolute atomic E-state index is 0.00579. The molecule has 0 bridgehead atoms. The molecule has 0 saturated heterocycles. The van der Waals surface area contributed by atoms with Gasteiger partial charge in [0.05, 0.1) is 18.3 Å². The SMILES string of the molecule is Cc1sc2ncn(CCOc3ccc(Br)cc3)c(=O)c2c1C. The Kier molecular flexibility index (Phi) is 4.31. The van der Waals surface area contributed by atoms with Crippen LogP contribution in [-0.4, -0.2) is 16.2 Å². The van der Waals surface area contributed by atoms with E-state index in [1.54, 1.807) is 22.2 Å². The van der Waals surface area contributed by atoms with Crippen LogP contribution in [0.4, 0.5) is 0 Å². The first-order valence-corrected chi connectivity index (χ1v) is 8.50. The maximum atomic E-state index is 12.5. The highest BCUT2D eigenvalue weighted by Crippen LogP contribution is 2.25. The van der Waals surface area contributed by atoms with E-state index in [0.29, 0.717) is 13.2 Å². The van der Waals surface area contributed by atoms with Crippen LogP contribution in [0, 0.1) is 13.8 Å². The summed E-state index contributed by atoms with van der Waals surface area (Å²) in [5.74, 6) is 0.785. The van der Waals surface area contributed by atoms with Crippen molar-refractivity contribution in [1.82, 2.24) is 9.55 Å². The van der Waals surface area contributed by atoms with Gasteiger partial charge in [-0.25, -0.2) is 4.98 Å². The number of hydrogen-bond acceptors (Lipinski definition) is 4. The van der Waals surface area contributed by atoms with E-state index in [1.165, 1.54) is 0 Å². The number of aromatic nitrogens is 2. The van der Waals surface area contributed by atoms with Crippen molar-refractivity contribution < 1.29 is 4.74 Å². The quantitative estimate of drug-likeness (QED) is 0.690. The van der Waals surface area contributed by atoms with Gasteiger partial charge in [0.2, 0.25) is 0 Å². The Balaban J connectivity index is 1.77. The molecule has 2 aromatic heterocycles. The van der Waals surface area contributed by atoms with Gasteiger partial charge in [0.1, 0.15) is 17.2 Å². The summed E-state index contributed by atoms with van der Waals surface area (Å²) in [6.45, 7) is 4.89. The highest BCUT2D eigenvalue weighted by Gasteiger charge is 2.11. The number of halogens is 1. The zero-order valence-electron chi connectivity index (χ0n) is 12.3. The van der Waals surface area contributed by atoms with E-state index in [2.05, 4.69) is 20.9 Å². The van der Waals surface area contributed by atoms with Gasteiger partial charge in [-0.3, -0.25) is 9.36 Å². The van der Waals surface area contributed by atoms with E-state index in [0.717, 1.165) is 30.9 Å². The Morgan fingerprint density at radius 1 is 1.27 bits per heavy atom. The maximum absolute atomic E-state index is 12.5. The lowest BCUT2D eigenvalue weighted by atomic mass is 10.2. The summed E-state index contributed by atoms with van der Waals surface area (Å²) >= 11 is 4.95. The molecule has 3 rings (SSSR count). The predicted molar refractivity (Wildman–Crippen MR) is 93.0 cm³/mol. The van der Waals surface area contributed by atoms with Gasteiger partial charge in [0, 0.05) is 9.35 Å². The van der Waals surface area contributed by atoms with E-state index in [-0.39, 0.29) is 5.56 Å². The van der Waals surface area contributed by atoms with Crippen molar-refractivity contribution in [3.63, 3.8) is 0 Å². The molecule has 0 aliphatic carbocycles. The van der Waals surface area contributed by atoms with E-state index < -0.39 is 0 Å². The molecule has 2 heterocycles. The van der Waals surface area contributed by atoms with Crippen LogP contribution in [0.3, 0.4) is 0 Å².